The lowest BCUT2D eigenvalue weighted by Crippen LogP contribution is -2.27. The summed E-state index contributed by atoms with van der Waals surface area (Å²) >= 11 is 0. The van der Waals surface area contributed by atoms with Crippen LogP contribution in [0.3, 0.4) is 0 Å². The van der Waals surface area contributed by atoms with E-state index in [1.165, 1.54) is 0 Å². The molecule has 0 aliphatic carbocycles. The monoisotopic (exact) mass is 156 g/mol. The van der Waals surface area contributed by atoms with Crippen LogP contribution in [0.4, 0.5) is 0 Å². The minimum absolute atomic E-state index is 0.102. The van der Waals surface area contributed by atoms with E-state index >= 15 is 0 Å². The van der Waals surface area contributed by atoms with Crippen molar-refractivity contribution in [3.05, 3.63) is 12.7 Å². The van der Waals surface area contributed by atoms with Crippen molar-refractivity contribution in [1.82, 2.24) is 0 Å². The second-order valence-corrected chi connectivity index (χ2v) is 3.00. The Morgan fingerprint density at radius 1 is 1.64 bits per heavy atom. The standard InChI is InChI=1S/C9H16O2/c1-4-7(3)9-8(5-2)10-6-11-9/h5,7-9H,2,4,6H2,1,3H3. The Kier molecular flexibility index (Phi) is 3.09. The van der Waals surface area contributed by atoms with Crippen molar-refractivity contribution in [3.8, 4) is 0 Å². The minimum atomic E-state index is 0.102. The Hall–Kier alpha value is -0.340. The van der Waals surface area contributed by atoms with E-state index in [-0.39, 0.29) is 12.2 Å². The van der Waals surface area contributed by atoms with Gasteiger partial charge >= 0.3 is 0 Å². The Bertz CT molecular complexity index is 134. The first-order chi connectivity index (χ1) is 5.29. The van der Waals surface area contributed by atoms with Crippen LogP contribution in [0, 0.1) is 5.92 Å². The van der Waals surface area contributed by atoms with E-state index in [4.69, 9.17) is 9.47 Å². The van der Waals surface area contributed by atoms with Gasteiger partial charge < -0.3 is 9.47 Å². The van der Waals surface area contributed by atoms with E-state index in [1.54, 1.807) is 0 Å². The molecule has 0 aromatic heterocycles. The highest BCUT2D eigenvalue weighted by atomic mass is 16.7. The summed E-state index contributed by atoms with van der Waals surface area (Å²) in [5, 5.41) is 0. The van der Waals surface area contributed by atoms with Crippen molar-refractivity contribution in [3.63, 3.8) is 0 Å². The highest BCUT2D eigenvalue weighted by Crippen LogP contribution is 2.22. The summed E-state index contributed by atoms with van der Waals surface area (Å²) < 4.78 is 10.7. The molecule has 1 fully saturated rings. The molecular formula is C9H16O2. The van der Waals surface area contributed by atoms with Gasteiger partial charge in [0, 0.05) is 0 Å². The first kappa shape index (κ1) is 8.75. The summed E-state index contributed by atoms with van der Waals surface area (Å²) in [5.41, 5.74) is 0. The lowest BCUT2D eigenvalue weighted by Gasteiger charge is -2.19. The largest absolute Gasteiger partial charge is 0.349 e. The lowest BCUT2D eigenvalue weighted by atomic mass is 9.97. The van der Waals surface area contributed by atoms with Gasteiger partial charge in [0.2, 0.25) is 0 Å². The quantitative estimate of drug-likeness (QED) is 0.581. The average Bonchev–Trinajstić information content (AvgIpc) is 2.50. The van der Waals surface area contributed by atoms with Crippen molar-refractivity contribution in [2.75, 3.05) is 6.79 Å². The SMILES string of the molecule is C=CC1OCOC1C(C)CC. The van der Waals surface area contributed by atoms with Gasteiger partial charge in [0.05, 0.1) is 6.10 Å². The van der Waals surface area contributed by atoms with E-state index in [2.05, 4.69) is 20.4 Å². The van der Waals surface area contributed by atoms with Gasteiger partial charge in [-0.25, -0.2) is 0 Å². The maximum Gasteiger partial charge on any atom is 0.148 e. The molecule has 1 aliphatic heterocycles. The third kappa shape index (κ3) is 1.82. The number of ether oxygens (including phenoxy) is 2. The summed E-state index contributed by atoms with van der Waals surface area (Å²) in [6.07, 6.45) is 3.27. The van der Waals surface area contributed by atoms with Gasteiger partial charge in [-0.3, -0.25) is 0 Å². The molecular weight excluding hydrogens is 140 g/mol. The van der Waals surface area contributed by atoms with Gasteiger partial charge in [-0.05, 0) is 5.92 Å². The predicted octanol–water partition coefficient (Wildman–Crippen LogP) is 1.96. The maximum atomic E-state index is 5.42. The molecule has 0 bridgehead atoms. The van der Waals surface area contributed by atoms with Crippen LogP contribution < -0.4 is 0 Å². The summed E-state index contributed by atoms with van der Waals surface area (Å²) in [4.78, 5) is 0. The third-order valence-electron chi connectivity index (χ3n) is 2.28. The molecule has 1 heterocycles. The Morgan fingerprint density at radius 3 is 2.91 bits per heavy atom. The molecule has 1 rings (SSSR count). The van der Waals surface area contributed by atoms with E-state index in [9.17, 15) is 0 Å². The van der Waals surface area contributed by atoms with E-state index in [1.807, 2.05) is 6.08 Å². The number of rotatable bonds is 3. The summed E-state index contributed by atoms with van der Waals surface area (Å²) in [7, 11) is 0. The number of hydrogen-bond acceptors (Lipinski definition) is 2. The van der Waals surface area contributed by atoms with E-state index in [0.29, 0.717) is 12.7 Å². The summed E-state index contributed by atoms with van der Waals surface area (Å²) in [6.45, 7) is 8.46. The minimum Gasteiger partial charge on any atom is -0.349 e. The van der Waals surface area contributed by atoms with E-state index < -0.39 is 0 Å². The molecule has 2 nitrogen and oxygen atoms in total. The molecule has 0 aromatic rings. The van der Waals surface area contributed by atoms with Crippen LogP contribution in [-0.4, -0.2) is 19.0 Å². The Balaban J connectivity index is 2.48. The molecule has 0 spiro atoms. The molecule has 0 saturated carbocycles. The van der Waals surface area contributed by atoms with Gasteiger partial charge in [-0.1, -0.05) is 26.3 Å². The molecule has 1 aliphatic rings. The van der Waals surface area contributed by atoms with Crippen LogP contribution in [0.5, 0.6) is 0 Å². The second kappa shape index (κ2) is 3.88. The normalized spacial score (nSPS) is 33.6. The maximum absolute atomic E-state index is 5.42. The molecule has 0 N–H and O–H groups in total. The molecule has 0 amide bonds. The topological polar surface area (TPSA) is 18.5 Å². The molecule has 3 unspecified atom stereocenters. The van der Waals surface area contributed by atoms with Crippen LogP contribution in [-0.2, 0) is 9.47 Å². The first-order valence-electron chi connectivity index (χ1n) is 4.15. The van der Waals surface area contributed by atoms with E-state index in [0.717, 1.165) is 6.42 Å². The zero-order valence-corrected chi connectivity index (χ0v) is 7.25. The van der Waals surface area contributed by atoms with Crippen molar-refractivity contribution in [1.29, 1.82) is 0 Å². The van der Waals surface area contributed by atoms with Crippen LogP contribution in [0.2, 0.25) is 0 Å². The average molecular weight is 156 g/mol. The molecule has 2 heteroatoms. The highest BCUT2D eigenvalue weighted by molar-refractivity contribution is 4.91. The zero-order chi connectivity index (χ0) is 8.27. The lowest BCUT2D eigenvalue weighted by molar-refractivity contribution is 0.0296. The summed E-state index contributed by atoms with van der Waals surface area (Å²) in [5.74, 6) is 0.556. The van der Waals surface area contributed by atoms with Crippen molar-refractivity contribution < 1.29 is 9.47 Å². The Labute approximate surface area is 68.2 Å². The number of hydrogen-bond donors (Lipinski definition) is 0. The fraction of sp³-hybridized carbons (Fsp3) is 0.778. The predicted molar refractivity (Wildman–Crippen MR) is 44.3 cm³/mol. The fourth-order valence-corrected chi connectivity index (χ4v) is 1.31. The van der Waals surface area contributed by atoms with Gasteiger partial charge in [0.25, 0.3) is 0 Å². The third-order valence-corrected chi connectivity index (χ3v) is 2.28. The van der Waals surface area contributed by atoms with Gasteiger partial charge in [0.15, 0.2) is 0 Å². The van der Waals surface area contributed by atoms with Crippen molar-refractivity contribution in [2.24, 2.45) is 5.92 Å². The highest BCUT2D eigenvalue weighted by Gasteiger charge is 2.30. The van der Waals surface area contributed by atoms with Gasteiger partial charge in [-0.15, -0.1) is 6.58 Å². The summed E-state index contributed by atoms with van der Waals surface area (Å²) in [6, 6.07) is 0. The van der Waals surface area contributed by atoms with Gasteiger partial charge in [-0.2, -0.15) is 0 Å². The Morgan fingerprint density at radius 2 is 2.36 bits per heavy atom. The molecule has 0 radical (unpaired) electrons. The smallest absolute Gasteiger partial charge is 0.148 e. The molecule has 3 atom stereocenters. The van der Waals surface area contributed by atoms with Crippen molar-refractivity contribution >= 4 is 0 Å². The van der Waals surface area contributed by atoms with Crippen LogP contribution in [0.1, 0.15) is 20.3 Å². The van der Waals surface area contributed by atoms with Crippen molar-refractivity contribution in [2.45, 2.75) is 32.5 Å². The van der Waals surface area contributed by atoms with Crippen LogP contribution in [0.15, 0.2) is 12.7 Å². The fourth-order valence-electron chi connectivity index (χ4n) is 1.31. The van der Waals surface area contributed by atoms with Crippen LogP contribution >= 0.6 is 0 Å². The first-order valence-corrected chi connectivity index (χ1v) is 4.15. The molecule has 1 saturated heterocycles. The second-order valence-electron chi connectivity index (χ2n) is 3.00. The van der Waals surface area contributed by atoms with Crippen LogP contribution in [0.25, 0.3) is 0 Å². The zero-order valence-electron chi connectivity index (χ0n) is 7.25. The molecule has 0 aromatic carbocycles. The molecule has 11 heavy (non-hydrogen) atoms. The molecule has 64 valence electrons. The van der Waals surface area contributed by atoms with Gasteiger partial charge in [0.1, 0.15) is 12.9 Å².